The molecule has 0 saturated heterocycles. The number of hydrogen-bond acceptors (Lipinski definition) is 5. The van der Waals surface area contributed by atoms with Gasteiger partial charge in [-0.05, 0) is 36.1 Å². The van der Waals surface area contributed by atoms with Gasteiger partial charge in [-0.25, -0.2) is 9.37 Å². The Kier molecular flexibility index (Phi) is 4.86. The summed E-state index contributed by atoms with van der Waals surface area (Å²) in [5.74, 6) is 1.69. The second kappa shape index (κ2) is 7.28. The normalized spacial score (nSPS) is 15.3. The van der Waals surface area contributed by atoms with E-state index in [0.717, 1.165) is 28.0 Å². The molecule has 4 rings (SSSR count). The number of anilines is 1. The fourth-order valence-electron chi connectivity index (χ4n) is 3.11. The SMILES string of the molecule is COCc1cc(NC(CC2CC2)c2cc(F)cc(Br)c2)n2ncnc2n1. The van der Waals surface area contributed by atoms with Crippen LogP contribution >= 0.6 is 15.9 Å². The number of aromatic nitrogens is 4. The van der Waals surface area contributed by atoms with Gasteiger partial charge in [0.2, 0.25) is 0 Å². The summed E-state index contributed by atoms with van der Waals surface area (Å²) in [6, 6.07) is 6.88. The zero-order chi connectivity index (χ0) is 18.1. The second-order valence-corrected chi connectivity index (χ2v) is 7.53. The van der Waals surface area contributed by atoms with E-state index in [1.54, 1.807) is 17.7 Å². The summed E-state index contributed by atoms with van der Waals surface area (Å²) >= 11 is 3.39. The number of benzene rings is 1. The highest BCUT2D eigenvalue weighted by Gasteiger charge is 2.27. The van der Waals surface area contributed by atoms with Crippen LogP contribution in [0.5, 0.6) is 0 Å². The first kappa shape index (κ1) is 17.4. The second-order valence-electron chi connectivity index (χ2n) is 6.62. The third-order valence-corrected chi connectivity index (χ3v) is 4.93. The Morgan fingerprint density at radius 2 is 2.19 bits per heavy atom. The molecule has 3 aromatic rings. The molecular formula is C18H19BrFN5O. The Balaban J connectivity index is 1.71. The lowest BCUT2D eigenvalue weighted by molar-refractivity contribution is 0.181. The predicted octanol–water partition coefficient (Wildman–Crippen LogP) is 4.13. The first-order chi connectivity index (χ1) is 12.6. The van der Waals surface area contributed by atoms with Crippen LogP contribution in [0.15, 0.2) is 35.1 Å². The summed E-state index contributed by atoms with van der Waals surface area (Å²) in [7, 11) is 1.63. The van der Waals surface area contributed by atoms with Gasteiger partial charge in [0, 0.05) is 17.6 Å². The van der Waals surface area contributed by atoms with Crippen LogP contribution in [0.4, 0.5) is 10.2 Å². The lowest BCUT2D eigenvalue weighted by atomic mass is 10.0. The molecule has 0 aliphatic heterocycles. The Hall–Kier alpha value is -2.06. The predicted molar refractivity (Wildman–Crippen MR) is 99.3 cm³/mol. The molecule has 1 atom stereocenters. The molecule has 26 heavy (non-hydrogen) atoms. The van der Waals surface area contributed by atoms with E-state index in [9.17, 15) is 4.39 Å². The van der Waals surface area contributed by atoms with Crippen molar-refractivity contribution in [3.05, 3.63) is 52.1 Å². The molecule has 1 unspecified atom stereocenters. The molecule has 0 spiro atoms. The van der Waals surface area contributed by atoms with Crippen LogP contribution in [-0.2, 0) is 11.3 Å². The van der Waals surface area contributed by atoms with Gasteiger partial charge in [0.05, 0.1) is 18.3 Å². The highest BCUT2D eigenvalue weighted by atomic mass is 79.9. The van der Waals surface area contributed by atoms with E-state index in [1.165, 1.54) is 25.2 Å². The zero-order valence-electron chi connectivity index (χ0n) is 14.3. The average Bonchev–Trinajstić information content (AvgIpc) is 3.28. The van der Waals surface area contributed by atoms with Crippen molar-refractivity contribution in [3.8, 4) is 0 Å². The molecule has 1 aliphatic rings. The molecular weight excluding hydrogens is 401 g/mol. The molecule has 2 heterocycles. The maximum atomic E-state index is 13.9. The van der Waals surface area contributed by atoms with Crippen molar-refractivity contribution in [2.75, 3.05) is 12.4 Å². The van der Waals surface area contributed by atoms with Crippen LogP contribution in [0.2, 0.25) is 0 Å². The average molecular weight is 420 g/mol. The van der Waals surface area contributed by atoms with Crippen molar-refractivity contribution in [2.24, 2.45) is 5.92 Å². The number of methoxy groups -OCH3 is 1. The molecule has 2 aromatic heterocycles. The minimum absolute atomic E-state index is 0.0281. The summed E-state index contributed by atoms with van der Waals surface area (Å²) in [4.78, 5) is 8.61. The van der Waals surface area contributed by atoms with Gasteiger partial charge in [0.25, 0.3) is 5.78 Å². The van der Waals surface area contributed by atoms with Crippen LogP contribution < -0.4 is 5.32 Å². The Labute approximate surface area is 158 Å². The fourth-order valence-corrected chi connectivity index (χ4v) is 3.59. The molecule has 1 fully saturated rings. The Bertz CT molecular complexity index is 907. The molecule has 1 aromatic carbocycles. The Morgan fingerprint density at radius 1 is 1.35 bits per heavy atom. The number of fused-ring (bicyclic) bond motifs is 1. The largest absolute Gasteiger partial charge is 0.378 e. The van der Waals surface area contributed by atoms with Gasteiger partial charge in [-0.3, -0.25) is 0 Å². The molecule has 6 nitrogen and oxygen atoms in total. The fraction of sp³-hybridized carbons (Fsp3) is 0.389. The van der Waals surface area contributed by atoms with Gasteiger partial charge < -0.3 is 10.1 Å². The lowest BCUT2D eigenvalue weighted by Gasteiger charge is -2.21. The van der Waals surface area contributed by atoms with Crippen molar-refractivity contribution in [1.29, 1.82) is 0 Å². The van der Waals surface area contributed by atoms with Crippen molar-refractivity contribution < 1.29 is 9.13 Å². The number of ether oxygens (including phenoxy) is 1. The lowest BCUT2D eigenvalue weighted by Crippen LogP contribution is -2.16. The smallest absolute Gasteiger partial charge is 0.254 e. The molecule has 0 radical (unpaired) electrons. The highest BCUT2D eigenvalue weighted by molar-refractivity contribution is 9.10. The van der Waals surface area contributed by atoms with E-state index in [1.807, 2.05) is 12.1 Å². The third kappa shape index (κ3) is 3.86. The number of halogens is 2. The van der Waals surface area contributed by atoms with Gasteiger partial charge in [-0.1, -0.05) is 28.8 Å². The van der Waals surface area contributed by atoms with E-state index in [2.05, 4.69) is 36.3 Å². The summed E-state index contributed by atoms with van der Waals surface area (Å²) < 4.78 is 21.5. The van der Waals surface area contributed by atoms with E-state index in [-0.39, 0.29) is 11.9 Å². The van der Waals surface area contributed by atoms with Gasteiger partial charge in [-0.15, -0.1) is 0 Å². The zero-order valence-corrected chi connectivity index (χ0v) is 15.9. The summed E-state index contributed by atoms with van der Waals surface area (Å²) in [6.07, 6.45) is 4.85. The van der Waals surface area contributed by atoms with Crippen LogP contribution in [0.25, 0.3) is 5.78 Å². The van der Waals surface area contributed by atoms with Crippen molar-refractivity contribution in [3.63, 3.8) is 0 Å². The first-order valence-corrected chi connectivity index (χ1v) is 9.33. The van der Waals surface area contributed by atoms with Crippen LogP contribution in [0, 0.1) is 11.7 Å². The summed E-state index contributed by atoms with van der Waals surface area (Å²) in [5.41, 5.74) is 1.67. The topological polar surface area (TPSA) is 64.3 Å². The summed E-state index contributed by atoms with van der Waals surface area (Å²) in [5, 5.41) is 7.78. The monoisotopic (exact) mass is 419 g/mol. The van der Waals surface area contributed by atoms with Gasteiger partial charge >= 0.3 is 0 Å². The van der Waals surface area contributed by atoms with E-state index >= 15 is 0 Å². The van der Waals surface area contributed by atoms with Crippen LogP contribution in [-0.4, -0.2) is 26.7 Å². The van der Waals surface area contributed by atoms with Gasteiger partial charge in [0.1, 0.15) is 18.0 Å². The molecule has 1 N–H and O–H groups in total. The number of rotatable bonds is 7. The highest BCUT2D eigenvalue weighted by Crippen LogP contribution is 2.39. The van der Waals surface area contributed by atoms with Gasteiger partial charge in [-0.2, -0.15) is 14.6 Å². The quantitative estimate of drug-likeness (QED) is 0.623. The van der Waals surface area contributed by atoms with Crippen LogP contribution in [0.3, 0.4) is 0 Å². The minimum Gasteiger partial charge on any atom is -0.378 e. The van der Waals surface area contributed by atoms with Crippen molar-refractivity contribution >= 4 is 27.5 Å². The van der Waals surface area contributed by atoms with Crippen molar-refractivity contribution in [1.82, 2.24) is 19.6 Å². The van der Waals surface area contributed by atoms with E-state index in [0.29, 0.717) is 18.3 Å². The first-order valence-electron chi connectivity index (χ1n) is 8.53. The minimum atomic E-state index is -0.252. The molecule has 136 valence electrons. The van der Waals surface area contributed by atoms with E-state index in [4.69, 9.17) is 4.74 Å². The number of hydrogen-bond donors (Lipinski definition) is 1. The third-order valence-electron chi connectivity index (χ3n) is 4.47. The number of nitrogens with one attached hydrogen (secondary N) is 1. The van der Waals surface area contributed by atoms with Crippen LogP contribution in [0.1, 0.15) is 36.6 Å². The molecule has 0 bridgehead atoms. The number of nitrogens with zero attached hydrogens (tertiary/aromatic N) is 4. The molecule has 1 aliphatic carbocycles. The van der Waals surface area contributed by atoms with Crippen molar-refractivity contribution in [2.45, 2.75) is 31.9 Å². The van der Waals surface area contributed by atoms with Gasteiger partial charge in [0.15, 0.2) is 0 Å². The summed E-state index contributed by atoms with van der Waals surface area (Å²) in [6.45, 7) is 0.386. The molecule has 1 saturated carbocycles. The van der Waals surface area contributed by atoms with E-state index < -0.39 is 0 Å². The standard InChI is InChI=1S/C18H19BrFN5O/c1-26-9-15-8-17(25-18(23-15)21-10-22-25)24-16(4-11-2-3-11)12-5-13(19)7-14(20)6-12/h5-8,10-11,16,24H,2-4,9H2,1H3. The maximum Gasteiger partial charge on any atom is 0.254 e. The molecule has 8 heteroatoms. The maximum absolute atomic E-state index is 13.9. The Morgan fingerprint density at radius 3 is 2.92 bits per heavy atom. The molecule has 0 amide bonds.